The van der Waals surface area contributed by atoms with Gasteiger partial charge in [0.2, 0.25) is 0 Å². The Hall–Kier alpha value is -3.17. The molecule has 0 aliphatic heterocycles. The smallest absolute Gasteiger partial charge is 0.305 e. The highest BCUT2D eigenvalue weighted by molar-refractivity contribution is 5.95. The highest BCUT2D eigenvalue weighted by atomic mass is 16.6. The molecule has 10 nitrogen and oxygen atoms in total. The number of carboxylic acids is 2. The van der Waals surface area contributed by atoms with Gasteiger partial charge in [0, 0.05) is 31.1 Å². The number of nitrogens with zero attached hydrogens (tertiary/aromatic N) is 1. The molecule has 0 atom stereocenters. The first-order chi connectivity index (χ1) is 11.3. The van der Waals surface area contributed by atoms with E-state index in [1.165, 1.54) is 12.1 Å². The standard InChI is InChI=1S/C14H17N3O7/c18-12(19)2-1-6-15-10-4-3-9(8-11(10)17(23)24)14(22)16-7-5-13(20)21/h3-4,8,15H,1-2,5-7H2,(H,16,22)(H,18,19)(H,20,21). The lowest BCUT2D eigenvalue weighted by molar-refractivity contribution is -0.384. The largest absolute Gasteiger partial charge is 0.481 e. The number of carboxylic acid groups (broad SMARTS) is 2. The van der Waals surface area contributed by atoms with Crippen LogP contribution >= 0.6 is 0 Å². The fourth-order valence-electron chi connectivity index (χ4n) is 1.82. The van der Waals surface area contributed by atoms with E-state index in [1.807, 2.05) is 0 Å². The third kappa shape index (κ3) is 6.30. The number of carbonyl (C=O) groups excluding carboxylic acids is 1. The van der Waals surface area contributed by atoms with Crippen LogP contribution in [0.1, 0.15) is 29.6 Å². The minimum absolute atomic E-state index is 0.0307. The molecular formula is C14H17N3O7. The molecule has 0 radical (unpaired) electrons. The van der Waals surface area contributed by atoms with Crippen LogP contribution in [0.2, 0.25) is 0 Å². The Morgan fingerprint density at radius 2 is 1.75 bits per heavy atom. The summed E-state index contributed by atoms with van der Waals surface area (Å²) in [7, 11) is 0. The molecule has 0 aromatic heterocycles. The van der Waals surface area contributed by atoms with Crippen LogP contribution in [0.3, 0.4) is 0 Å². The molecule has 10 heteroatoms. The highest BCUT2D eigenvalue weighted by Crippen LogP contribution is 2.25. The van der Waals surface area contributed by atoms with E-state index in [0.29, 0.717) is 6.42 Å². The molecule has 0 heterocycles. The Bertz CT molecular complexity index is 645. The molecule has 24 heavy (non-hydrogen) atoms. The van der Waals surface area contributed by atoms with Gasteiger partial charge in [-0.25, -0.2) is 0 Å². The zero-order valence-corrected chi connectivity index (χ0v) is 12.7. The number of nitro groups is 1. The number of hydrogen-bond acceptors (Lipinski definition) is 6. The highest BCUT2D eigenvalue weighted by Gasteiger charge is 2.17. The maximum absolute atomic E-state index is 11.8. The van der Waals surface area contributed by atoms with Gasteiger partial charge < -0.3 is 20.8 Å². The molecule has 1 aromatic rings. The van der Waals surface area contributed by atoms with Crippen molar-refractivity contribution in [2.45, 2.75) is 19.3 Å². The summed E-state index contributed by atoms with van der Waals surface area (Å²) >= 11 is 0. The Labute approximate surface area is 136 Å². The maximum Gasteiger partial charge on any atom is 0.305 e. The first kappa shape index (κ1) is 18.9. The molecule has 0 saturated carbocycles. The molecule has 0 fully saturated rings. The molecule has 4 N–H and O–H groups in total. The monoisotopic (exact) mass is 339 g/mol. The van der Waals surface area contributed by atoms with E-state index in [2.05, 4.69) is 10.6 Å². The quantitative estimate of drug-likeness (QED) is 0.280. The molecule has 0 aliphatic carbocycles. The summed E-state index contributed by atoms with van der Waals surface area (Å²) in [5.74, 6) is -2.64. The zero-order chi connectivity index (χ0) is 18.1. The normalized spacial score (nSPS) is 10.0. The van der Waals surface area contributed by atoms with E-state index >= 15 is 0 Å². The molecule has 0 unspecified atom stereocenters. The minimum atomic E-state index is -1.07. The van der Waals surface area contributed by atoms with Crippen molar-refractivity contribution in [1.82, 2.24) is 5.32 Å². The predicted octanol–water partition coefficient (Wildman–Crippen LogP) is 1.08. The van der Waals surface area contributed by atoms with Crippen LogP contribution < -0.4 is 10.6 Å². The van der Waals surface area contributed by atoms with Gasteiger partial charge in [-0.2, -0.15) is 0 Å². The second-order valence-corrected chi connectivity index (χ2v) is 4.81. The predicted molar refractivity (Wildman–Crippen MR) is 83.0 cm³/mol. The molecule has 0 bridgehead atoms. The van der Waals surface area contributed by atoms with E-state index in [1.54, 1.807) is 0 Å². The van der Waals surface area contributed by atoms with Gasteiger partial charge in [-0.1, -0.05) is 0 Å². The van der Waals surface area contributed by atoms with Crippen LogP contribution in [0.15, 0.2) is 18.2 Å². The van der Waals surface area contributed by atoms with Gasteiger partial charge in [-0.05, 0) is 18.6 Å². The first-order valence-electron chi connectivity index (χ1n) is 7.05. The summed E-state index contributed by atoms with van der Waals surface area (Å²) in [6.45, 7) is 0.147. The molecule has 0 saturated heterocycles. The third-order valence-electron chi connectivity index (χ3n) is 2.96. The van der Waals surface area contributed by atoms with Crippen LogP contribution in [-0.4, -0.2) is 46.1 Å². The number of amides is 1. The van der Waals surface area contributed by atoms with E-state index in [4.69, 9.17) is 10.2 Å². The summed E-state index contributed by atoms with van der Waals surface area (Å²) in [6, 6.07) is 3.79. The number of anilines is 1. The number of nitro benzene ring substituents is 1. The Morgan fingerprint density at radius 1 is 1.08 bits per heavy atom. The lowest BCUT2D eigenvalue weighted by Gasteiger charge is -2.08. The average Bonchev–Trinajstić information content (AvgIpc) is 2.50. The topological polar surface area (TPSA) is 159 Å². The molecule has 130 valence electrons. The van der Waals surface area contributed by atoms with Gasteiger partial charge in [-0.3, -0.25) is 24.5 Å². The van der Waals surface area contributed by atoms with Crippen LogP contribution in [0.5, 0.6) is 0 Å². The Kier molecular flexibility index (Phi) is 7.14. The fourth-order valence-corrected chi connectivity index (χ4v) is 1.82. The third-order valence-corrected chi connectivity index (χ3v) is 2.96. The van der Waals surface area contributed by atoms with Crippen molar-refractivity contribution in [3.05, 3.63) is 33.9 Å². The Morgan fingerprint density at radius 3 is 2.33 bits per heavy atom. The molecule has 0 spiro atoms. The van der Waals surface area contributed by atoms with Gasteiger partial charge in [0.1, 0.15) is 5.69 Å². The van der Waals surface area contributed by atoms with Crippen LogP contribution in [-0.2, 0) is 9.59 Å². The van der Waals surface area contributed by atoms with Crippen molar-refractivity contribution in [2.24, 2.45) is 0 Å². The van der Waals surface area contributed by atoms with E-state index < -0.39 is 22.8 Å². The molecule has 1 rings (SSSR count). The van der Waals surface area contributed by atoms with Crippen molar-refractivity contribution < 1.29 is 29.5 Å². The lowest BCUT2D eigenvalue weighted by Crippen LogP contribution is -2.26. The average molecular weight is 339 g/mol. The minimum Gasteiger partial charge on any atom is -0.481 e. The van der Waals surface area contributed by atoms with E-state index in [0.717, 1.165) is 6.07 Å². The number of aliphatic carboxylic acids is 2. The summed E-state index contributed by atoms with van der Waals surface area (Å²) in [5.41, 5.74) is -0.119. The molecular weight excluding hydrogens is 322 g/mol. The van der Waals surface area contributed by atoms with Crippen LogP contribution in [0.4, 0.5) is 11.4 Å². The van der Waals surface area contributed by atoms with Crippen LogP contribution in [0, 0.1) is 10.1 Å². The Balaban J connectivity index is 2.75. The van der Waals surface area contributed by atoms with Crippen molar-refractivity contribution in [2.75, 3.05) is 18.4 Å². The maximum atomic E-state index is 11.8. The number of carbonyl (C=O) groups is 3. The van der Waals surface area contributed by atoms with Crippen LogP contribution in [0.25, 0.3) is 0 Å². The number of rotatable bonds is 10. The molecule has 1 amide bonds. The van der Waals surface area contributed by atoms with Crippen molar-refractivity contribution in [3.8, 4) is 0 Å². The zero-order valence-electron chi connectivity index (χ0n) is 12.7. The summed E-state index contributed by atoms with van der Waals surface area (Å²) < 4.78 is 0. The number of nitrogens with one attached hydrogen (secondary N) is 2. The second-order valence-electron chi connectivity index (χ2n) is 4.81. The van der Waals surface area contributed by atoms with E-state index in [9.17, 15) is 24.5 Å². The van der Waals surface area contributed by atoms with Gasteiger partial charge in [-0.15, -0.1) is 0 Å². The van der Waals surface area contributed by atoms with Gasteiger partial charge in [0.05, 0.1) is 11.3 Å². The van der Waals surface area contributed by atoms with E-state index in [-0.39, 0.29) is 42.9 Å². The van der Waals surface area contributed by atoms with Crippen molar-refractivity contribution in [1.29, 1.82) is 0 Å². The molecule has 1 aromatic carbocycles. The SMILES string of the molecule is O=C(O)CCCNc1ccc(C(=O)NCCC(=O)O)cc1[N+](=O)[O-]. The summed E-state index contributed by atoms with van der Waals surface area (Å²) in [5, 5.41) is 33.3. The number of hydrogen-bond donors (Lipinski definition) is 4. The first-order valence-corrected chi connectivity index (χ1v) is 7.05. The molecule has 0 aliphatic rings. The fraction of sp³-hybridized carbons (Fsp3) is 0.357. The van der Waals surface area contributed by atoms with Gasteiger partial charge in [0.25, 0.3) is 11.6 Å². The summed E-state index contributed by atoms with van der Waals surface area (Å²) in [4.78, 5) is 43.1. The number of benzene rings is 1. The summed E-state index contributed by atoms with van der Waals surface area (Å²) in [6.07, 6.45) is -0.0220. The van der Waals surface area contributed by atoms with Crippen molar-refractivity contribution in [3.63, 3.8) is 0 Å². The van der Waals surface area contributed by atoms with Crippen molar-refractivity contribution >= 4 is 29.2 Å². The van der Waals surface area contributed by atoms with Gasteiger partial charge >= 0.3 is 11.9 Å². The second kappa shape index (κ2) is 9.08. The van der Waals surface area contributed by atoms with Gasteiger partial charge in [0.15, 0.2) is 0 Å². The lowest BCUT2D eigenvalue weighted by atomic mass is 10.1.